The predicted octanol–water partition coefficient (Wildman–Crippen LogP) is 8.64. The quantitative estimate of drug-likeness (QED) is 0.255. The summed E-state index contributed by atoms with van der Waals surface area (Å²) >= 11 is 1.89. The van der Waals surface area contributed by atoms with E-state index in [0.29, 0.717) is 24.0 Å². The Labute approximate surface area is 215 Å². The molecule has 36 heavy (non-hydrogen) atoms. The molecule has 196 valence electrons. The van der Waals surface area contributed by atoms with Crippen molar-refractivity contribution in [1.29, 1.82) is 0 Å². The van der Waals surface area contributed by atoms with Gasteiger partial charge in [-0.1, -0.05) is 24.3 Å². The van der Waals surface area contributed by atoms with E-state index < -0.39 is 23.3 Å². The van der Waals surface area contributed by atoms with Crippen molar-refractivity contribution < 1.29 is 27.0 Å². The van der Waals surface area contributed by atoms with Crippen LogP contribution < -0.4 is 4.74 Å². The fraction of sp³-hybridized carbons (Fsp3) is 0.517. The van der Waals surface area contributed by atoms with Crippen LogP contribution in [0, 0.1) is 35.1 Å². The zero-order valence-electron chi connectivity index (χ0n) is 20.9. The van der Waals surface area contributed by atoms with Crippen molar-refractivity contribution in [2.24, 2.45) is 11.8 Å². The van der Waals surface area contributed by atoms with Gasteiger partial charge in [-0.15, -0.1) is 11.8 Å². The summed E-state index contributed by atoms with van der Waals surface area (Å²) < 4.78 is 70.0. The number of thioether (sulfide) groups is 1. The Hall–Kier alpha value is -1.99. The standard InChI is InChI=1S/C29H34F4O2S/c1-3-5-16-35-25-15-10-20(17-36-25)18-6-8-19(9-7-18)21-11-12-22(27(31)26(21)30)23-13-14-24(34-4-2)29(33)28(23)32/h3,5,11-14,18-20,25H,4,6-10,15-17H2,1-2H3/t18?,19?,20-,25?/m1/s1. The van der Waals surface area contributed by atoms with Crippen molar-refractivity contribution in [3.05, 3.63) is 65.2 Å². The van der Waals surface area contributed by atoms with Crippen LogP contribution in [0.15, 0.2) is 36.4 Å². The molecule has 2 aromatic carbocycles. The van der Waals surface area contributed by atoms with E-state index in [-0.39, 0.29) is 34.8 Å². The highest BCUT2D eigenvalue weighted by molar-refractivity contribution is 7.99. The molecule has 0 amide bonds. The van der Waals surface area contributed by atoms with Crippen molar-refractivity contribution in [3.8, 4) is 16.9 Å². The minimum Gasteiger partial charge on any atom is -0.491 e. The maximum Gasteiger partial charge on any atom is 0.201 e. The molecule has 2 fully saturated rings. The largest absolute Gasteiger partial charge is 0.491 e. The molecular weight excluding hydrogens is 488 g/mol. The maximum absolute atomic E-state index is 15.1. The van der Waals surface area contributed by atoms with E-state index in [4.69, 9.17) is 9.47 Å². The topological polar surface area (TPSA) is 18.5 Å². The first-order valence-electron chi connectivity index (χ1n) is 12.9. The van der Waals surface area contributed by atoms with E-state index in [1.807, 2.05) is 30.8 Å². The van der Waals surface area contributed by atoms with Gasteiger partial charge in [0.15, 0.2) is 23.2 Å². The van der Waals surface area contributed by atoms with Gasteiger partial charge in [-0.2, -0.15) is 4.39 Å². The minimum absolute atomic E-state index is 0.0696. The van der Waals surface area contributed by atoms with Crippen molar-refractivity contribution >= 4 is 11.8 Å². The lowest BCUT2D eigenvalue weighted by Gasteiger charge is -2.37. The fourth-order valence-electron chi connectivity index (χ4n) is 5.51. The molecule has 2 aliphatic rings. The van der Waals surface area contributed by atoms with Gasteiger partial charge in [0, 0.05) is 11.1 Å². The smallest absolute Gasteiger partial charge is 0.201 e. The third-order valence-electron chi connectivity index (χ3n) is 7.51. The second-order valence-corrected chi connectivity index (χ2v) is 10.8. The number of hydrogen-bond donors (Lipinski definition) is 0. The van der Waals surface area contributed by atoms with Crippen LogP contribution in [0.25, 0.3) is 11.1 Å². The highest BCUT2D eigenvalue weighted by Gasteiger charge is 2.33. The van der Waals surface area contributed by atoms with Gasteiger partial charge in [0.1, 0.15) is 5.44 Å². The summed E-state index contributed by atoms with van der Waals surface area (Å²) in [5, 5.41) is 0. The van der Waals surface area contributed by atoms with E-state index in [1.165, 1.54) is 24.3 Å². The van der Waals surface area contributed by atoms with Crippen LogP contribution in [0.5, 0.6) is 5.75 Å². The number of rotatable bonds is 8. The normalized spacial score (nSPS) is 24.8. The van der Waals surface area contributed by atoms with Crippen molar-refractivity contribution in [2.75, 3.05) is 19.0 Å². The summed E-state index contributed by atoms with van der Waals surface area (Å²) in [5.74, 6) is -2.54. The van der Waals surface area contributed by atoms with Gasteiger partial charge in [-0.3, -0.25) is 0 Å². The van der Waals surface area contributed by atoms with Gasteiger partial charge >= 0.3 is 0 Å². The van der Waals surface area contributed by atoms with Crippen LogP contribution in [0.4, 0.5) is 17.6 Å². The van der Waals surface area contributed by atoms with Gasteiger partial charge < -0.3 is 9.47 Å². The van der Waals surface area contributed by atoms with Gasteiger partial charge in [0.25, 0.3) is 0 Å². The average Bonchev–Trinajstić information content (AvgIpc) is 2.90. The second-order valence-electron chi connectivity index (χ2n) is 9.62. The summed E-state index contributed by atoms with van der Waals surface area (Å²) in [4.78, 5) is 0. The number of halogens is 4. The van der Waals surface area contributed by atoms with E-state index in [1.54, 1.807) is 6.92 Å². The zero-order valence-corrected chi connectivity index (χ0v) is 21.7. The Morgan fingerprint density at radius 1 is 0.833 bits per heavy atom. The van der Waals surface area contributed by atoms with Crippen molar-refractivity contribution in [3.63, 3.8) is 0 Å². The number of hydrogen-bond acceptors (Lipinski definition) is 3. The summed E-state index contributed by atoms with van der Waals surface area (Å²) in [5.41, 5.74) is -0.00439. The molecule has 0 N–H and O–H groups in total. The van der Waals surface area contributed by atoms with Crippen LogP contribution in [-0.2, 0) is 4.74 Å². The van der Waals surface area contributed by atoms with Crippen LogP contribution in [0.1, 0.15) is 63.9 Å². The SMILES string of the molecule is CC=CCOC1CC[C@@H](C2CCC(c3ccc(-c4ccc(OCC)c(F)c4F)c(F)c3F)CC2)CS1. The molecule has 1 heterocycles. The first-order chi connectivity index (χ1) is 17.4. The third-order valence-corrected chi connectivity index (χ3v) is 8.87. The lowest BCUT2D eigenvalue weighted by atomic mass is 9.73. The molecule has 7 heteroatoms. The summed E-state index contributed by atoms with van der Waals surface area (Å²) in [6, 6.07) is 5.37. The van der Waals surface area contributed by atoms with Gasteiger partial charge in [-0.05, 0) is 93.6 Å². The molecule has 1 saturated heterocycles. The molecule has 0 bridgehead atoms. The molecule has 0 spiro atoms. The van der Waals surface area contributed by atoms with Gasteiger partial charge in [0.05, 0.1) is 13.2 Å². The molecule has 0 radical (unpaired) electrons. The van der Waals surface area contributed by atoms with E-state index in [2.05, 4.69) is 0 Å². The summed E-state index contributed by atoms with van der Waals surface area (Å²) in [7, 11) is 0. The molecule has 1 aliphatic carbocycles. The molecule has 2 atom stereocenters. The Morgan fingerprint density at radius 2 is 1.50 bits per heavy atom. The third kappa shape index (κ3) is 5.94. The molecule has 2 aromatic rings. The fourth-order valence-corrected chi connectivity index (χ4v) is 6.88. The highest BCUT2D eigenvalue weighted by atomic mass is 32.2. The molecular formula is C29H34F4O2S. The monoisotopic (exact) mass is 522 g/mol. The van der Waals surface area contributed by atoms with Crippen molar-refractivity contribution in [2.45, 2.75) is 63.7 Å². The lowest BCUT2D eigenvalue weighted by Crippen LogP contribution is -2.28. The minimum atomic E-state index is -1.24. The maximum atomic E-state index is 15.1. The first-order valence-corrected chi connectivity index (χ1v) is 13.9. The Kier molecular flexibility index (Phi) is 9.40. The van der Waals surface area contributed by atoms with Gasteiger partial charge in [-0.25, -0.2) is 13.2 Å². The predicted molar refractivity (Wildman–Crippen MR) is 137 cm³/mol. The molecule has 1 saturated carbocycles. The van der Waals surface area contributed by atoms with E-state index >= 15 is 8.78 Å². The van der Waals surface area contributed by atoms with Crippen LogP contribution in [0.3, 0.4) is 0 Å². The molecule has 1 aliphatic heterocycles. The Balaban J connectivity index is 1.39. The van der Waals surface area contributed by atoms with E-state index in [9.17, 15) is 8.78 Å². The molecule has 2 nitrogen and oxygen atoms in total. The summed E-state index contributed by atoms with van der Waals surface area (Å²) in [6.45, 7) is 4.46. The Bertz CT molecular complexity index is 1060. The van der Waals surface area contributed by atoms with Crippen molar-refractivity contribution in [1.82, 2.24) is 0 Å². The highest BCUT2D eigenvalue weighted by Crippen LogP contribution is 2.45. The van der Waals surface area contributed by atoms with Gasteiger partial charge in [0.2, 0.25) is 5.82 Å². The molecule has 0 aromatic heterocycles. The second kappa shape index (κ2) is 12.5. The number of benzene rings is 2. The average molecular weight is 523 g/mol. The molecule has 4 rings (SSSR count). The lowest BCUT2D eigenvalue weighted by molar-refractivity contribution is 0.113. The van der Waals surface area contributed by atoms with Crippen LogP contribution >= 0.6 is 11.8 Å². The first kappa shape index (κ1) is 27.1. The zero-order chi connectivity index (χ0) is 25.7. The Morgan fingerprint density at radius 3 is 2.14 bits per heavy atom. The molecule has 1 unspecified atom stereocenters. The van der Waals surface area contributed by atoms with Crippen LogP contribution in [0.2, 0.25) is 0 Å². The number of allylic oxidation sites excluding steroid dienone is 1. The van der Waals surface area contributed by atoms with Crippen LogP contribution in [-0.4, -0.2) is 24.4 Å². The summed E-state index contributed by atoms with van der Waals surface area (Å²) in [6.07, 6.45) is 9.79. The van der Waals surface area contributed by atoms with E-state index in [0.717, 1.165) is 44.3 Å². The number of ether oxygens (including phenoxy) is 2.